The van der Waals surface area contributed by atoms with Gasteiger partial charge in [-0.2, -0.15) is 0 Å². The number of rotatable bonds is 3. The van der Waals surface area contributed by atoms with Gasteiger partial charge >= 0.3 is 5.97 Å². The third-order valence-corrected chi connectivity index (χ3v) is 5.01. The third kappa shape index (κ3) is 2.62. The second-order valence-corrected chi connectivity index (χ2v) is 6.55. The summed E-state index contributed by atoms with van der Waals surface area (Å²) in [6.45, 7) is 0.955. The van der Waals surface area contributed by atoms with E-state index in [2.05, 4.69) is 0 Å². The normalized spacial score (nSPS) is 29.4. The highest BCUT2D eigenvalue weighted by Crippen LogP contribution is 2.44. The Kier molecular flexibility index (Phi) is 3.39. The Bertz CT molecular complexity index is 642. The van der Waals surface area contributed by atoms with E-state index in [0.717, 1.165) is 12.8 Å². The van der Waals surface area contributed by atoms with Crippen LogP contribution in [0.25, 0.3) is 0 Å². The fourth-order valence-corrected chi connectivity index (χ4v) is 3.62. The predicted octanol–water partition coefficient (Wildman–Crippen LogP) is 1.40. The number of amides is 1. The number of likely N-dealkylation sites (tertiary alicyclic amines) is 1. The molecule has 0 spiro atoms. The molecule has 6 heteroatoms. The van der Waals surface area contributed by atoms with E-state index in [4.69, 9.17) is 9.47 Å². The second-order valence-electron chi connectivity index (χ2n) is 6.55. The van der Waals surface area contributed by atoms with Crippen molar-refractivity contribution in [2.24, 2.45) is 17.8 Å². The minimum Gasteiger partial charge on any atom is -0.485 e. The molecule has 2 fully saturated rings. The number of nitrogens with zero attached hydrogens (tertiary/aromatic N) is 1. The van der Waals surface area contributed by atoms with Gasteiger partial charge in [0, 0.05) is 13.1 Å². The molecule has 1 N–H and O–H groups in total. The summed E-state index contributed by atoms with van der Waals surface area (Å²) in [6, 6.07) is 7.25. The Morgan fingerprint density at radius 2 is 1.87 bits per heavy atom. The molecule has 0 radical (unpaired) electrons. The van der Waals surface area contributed by atoms with Crippen LogP contribution in [0.4, 0.5) is 0 Å². The monoisotopic (exact) mass is 317 g/mol. The zero-order valence-corrected chi connectivity index (χ0v) is 12.7. The van der Waals surface area contributed by atoms with Gasteiger partial charge in [-0.15, -0.1) is 0 Å². The first kappa shape index (κ1) is 14.4. The number of aliphatic carboxylic acids is 1. The molecule has 3 aliphatic rings. The number of hydrogen-bond donors (Lipinski definition) is 1. The van der Waals surface area contributed by atoms with Gasteiger partial charge in [0.1, 0.15) is 6.61 Å². The zero-order chi connectivity index (χ0) is 16.0. The van der Waals surface area contributed by atoms with Gasteiger partial charge in [-0.05, 0) is 36.8 Å². The number of carbonyl (C=O) groups is 2. The summed E-state index contributed by atoms with van der Waals surface area (Å²) in [4.78, 5) is 25.8. The summed E-state index contributed by atoms with van der Waals surface area (Å²) in [5, 5.41) is 9.41. The molecule has 3 atom stereocenters. The van der Waals surface area contributed by atoms with Crippen LogP contribution in [0.15, 0.2) is 24.3 Å². The van der Waals surface area contributed by atoms with Crippen molar-refractivity contribution in [2.75, 3.05) is 19.7 Å². The second kappa shape index (κ2) is 5.44. The van der Waals surface area contributed by atoms with Gasteiger partial charge < -0.3 is 19.5 Å². The van der Waals surface area contributed by atoms with Gasteiger partial charge in [0.15, 0.2) is 11.5 Å². The maximum absolute atomic E-state index is 12.7. The van der Waals surface area contributed by atoms with Crippen molar-refractivity contribution in [1.29, 1.82) is 0 Å². The Morgan fingerprint density at radius 1 is 1.13 bits per heavy atom. The predicted molar refractivity (Wildman–Crippen MR) is 80.3 cm³/mol. The van der Waals surface area contributed by atoms with Gasteiger partial charge in [0.2, 0.25) is 6.10 Å². The molecule has 122 valence electrons. The van der Waals surface area contributed by atoms with E-state index in [-0.39, 0.29) is 25.0 Å². The Hall–Kier alpha value is -2.24. The van der Waals surface area contributed by atoms with Crippen LogP contribution in [-0.2, 0) is 9.59 Å². The maximum Gasteiger partial charge on any atom is 0.308 e. The molecule has 1 aliphatic carbocycles. The summed E-state index contributed by atoms with van der Waals surface area (Å²) in [5.74, 6) is 0.300. The molecule has 1 unspecified atom stereocenters. The molecular formula is C17H19NO5. The molecular weight excluding hydrogens is 298 g/mol. The standard InChI is InChI=1S/C17H19NO5/c19-16(15-9-22-13-3-1-2-4-14(13)23-15)18-7-11(10-5-6-10)12(8-18)17(20)21/h1-4,10-12,15H,5-9H2,(H,20,21)/t11-,12+,15?/m1/s1. The summed E-state index contributed by atoms with van der Waals surface area (Å²) in [5.41, 5.74) is 0. The molecule has 6 nitrogen and oxygen atoms in total. The number of benzene rings is 1. The lowest BCUT2D eigenvalue weighted by molar-refractivity contribution is -0.143. The van der Waals surface area contributed by atoms with Gasteiger partial charge in [0.25, 0.3) is 5.91 Å². The van der Waals surface area contributed by atoms with Crippen LogP contribution in [0, 0.1) is 17.8 Å². The molecule has 2 aliphatic heterocycles. The van der Waals surface area contributed by atoms with Crippen LogP contribution in [0.5, 0.6) is 11.5 Å². The van der Waals surface area contributed by atoms with Crippen LogP contribution in [0.2, 0.25) is 0 Å². The number of hydrogen-bond acceptors (Lipinski definition) is 4. The van der Waals surface area contributed by atoms with Crippen molar-refractivity contribution in [3.8, 4) is 11.5 Å². The van der Waals surface area contributed by atoms with Crippen molar-refractivity contribution in [3.63, 3.8) is 0 Å². The summed E-state index contributed by atoms with van der Waals surface area (Å²) in [6.07, 6.45) is 1.46. The van der Waals surface area contributed by atoms with E-state index in [9.17, 15) is 14.7 Å². The summed E-state index contributed by atoms with van der Waals surface area (Å²) >= 11 is 0. The van der Waals surface area contributed by atoms with Crippen LogP contribution in [-0.4, -0.2) is 47.7 Å². The lowest BCUT2D eigenvalue weighted by Gasteiger charge is -2.28. The summed E-state index contributed by atoms with van der Waals surface area (Å²) in [7, 11) is 0. The topological polar surface area (TPSA) is 76.1 Å². The number of carboxylic acid groups (broad SMARTS) is 1. The van der Waals surface area contributed by atoms with E-state index in [0.29, 0.717) is 24.0 Å². The van der Waals surface area contributed by atoms with Gasteiger partial charge in [0.05, 0.1) is 5.92 Å². The average Bonchev–Trinajstić information content (AvgIpc) is 3.31. The molecule has 1 aromatic rings. The van der Waals surface area contributed by atoms with Crippen molar-refractivity contribution in [2.45, 2.75) is 18.9 Å². The number of carbonyl (C=O) groups excluding carboxylic acids is 1. The molecule has 4 rings (SSSR count). The van der Waals surface area contributed by atoms with Crippen LogP contribution >= 0.6 is 0 Å². The maximum atomic E-state index is 12.7. The van der Waals surface area contributed by atoms with E-state index < -0.39 is 18.0 Å². The first-order valence-corrected chi connectivity index (χ1v) is 8.03. The molecule has 1 aromatic carbocycles. The number of para-hydroxylation sites is 2. The van der Waals surface area contributed by atoms with Gasteiger partial charge in [-0.1, -0.05) is 12.1 Å². The first-order valence-electron chi connectivity index (χ1n) is 8.03. The molecule has 1 amide bonds. The molecule has 1 saturated carbocycles. The quantitative estimate of drug-likeness (QED) is 0.912. The summed E-state index contributed by atoms with van der Waals surface area (Å²) < 4.78 is 11.3. The minimum atomic E-state index is -0.802. The smallest absolute Gasteiger partial charge is 0.308 e. The van der Waals surface area contributed by atoms with Crippen molar-refractivity contribution < 1.29 is 24.2 Å². The number of ether oxygens (including phenoxy) is 2. The SMILES string of the molecule is O=C(O)[C@H]1CN(C(=O)C2COc3ccccc3O2)C[C@@H]1C1CC1. The van der Waals surface area contributed by atoms with E-state index >= 15 is 0 Å². The van der Waals surface area contributed by atoms with Crippen molar-refractivity contribution in [3.05, 3.63) is 24.3 Å². The van der Waals surface area contributed by atoms with E-state index in [1.165, 1.54) is 0 Å². The Balaban J connectivity index is 1.46. The van der Waals surface area contributed by atoms with Crippen LogP contribution in [0.1, 0.15) is 12.8 Å². The number of carboxylic acids is 1. The minimum absolute atomic E-state index is 0.0771. The van der Waals surface area contributed by atoms with Gasteiger partial charge in [-0.25, -0.2) is 0 Å². The Labute approximate surface area is 134 Å². The molecule has 0 aromatic heterocycles. The fourth-order valence-electron chi connectivity index (χ4n) is 3.62. The van der Waals surface area contributed by atoms with Crippen LogP contribution < -0.4 is 9.47 Å². The fraction of sp³-hybridized carbons (Fsp3) is 0.529. The lowest BCUT2D eigenvalue weighted by atomic mass is 9.92. The molecule has 2 heterocycles. The van der Waals surface area contributed by atoms with E-state index in [1.54, 1.807) is 17.0 Å². The largest absolute Gasteiger partial charge is 0.485 e. The molecule has 0 bridgehead atoms. The van der Waals surface area contributed by atoms with E-state index in [1.807, 2.05) is 12.1 Å². The van der Waals surface area contributed by atoms with Crippen molar-refractivity contribution >= 4 is 11.9 Å². The molecule has 23 heavy (non-hydrogen) atoms. The van der Waals surface area contributed by atoms with Crippen LogP contribution in [0.3, 0.4) is 0 Å². The third-order valence-electron chi connectivity index (χ3n) is 5.01. The first-order chi connectivity index (χ1) is 11.1. The lowest BCUT2D eigenvalue weighted by Crippen LogP contribution is -2.45. The molecule has 1 saturated heterocycles. The highest BCUT2D eigenvalue weighted by Gasteiger charge is 2.48. The highest BCUT2D eigenvalue weighted by atomic mass is 16.6. The number of fused-ring (bicyclic) bond motifs is 1. The van der Waals surface area contributed by atoms with Gasteiger partial charge in [-0.3, -0.25) is 9.59 Å². The van der Waals surface area contributed by atoms with Crippen molar-refractivity contribution in [1.82, 2.24) is 4.90 Å². The Morgan fingerprint density at radius 3 is 2.57 bits per heavy atom. The average molecular weight is 317 g/mol. The highest BCUT2D eigenvalue weighted by molar-refractivity contribution is 5.83. The zero-order valence-electron chi connectivity index (χ0n) is 12.7.